The lowest BCUT2D eigenvalue weighted by molar-refractivity contribution is 0.0224. The monoisotopic (exact) mass is 263 g/mol. The summed E-state index contributed by atoms with van der Waals surface area (Å²) in [6.07, 6.45) is 3.40. The maximum atomic E-state index is 12.2. The third kappa shape index (κ3) is 3.36. The lowest BCUT2D eigenvalue weighted by Crippen LogP contribution is -2.36. The van der Waals surface area contributed by atoms with E-state index in [1.54, 1.807) is 17.2 Å². The van der Waals surface area contributed by atoms with E-state index >= 15 is 0 Å². The Morgan fingerprint density at radius 2 is 2.21 bits per heavy atom. The average molecular weight is 263 g/mol. The van der Waals surface area contributed by atoms with Crippen LogP contribution in [0.2, 0.25) is 0 Å². The predicted octanol–water partition coefficient (Wildman–Crippen LogP) is 2.74. The molecule has 0 radical (unpaired) electrons. The summed E-state index contributed by atoms with van der Waals surface area (Å²) in [6.45, 7) is 6.35. The Balaban J connectivity index is 2.12. The number of rotatable bonds is 1. The van der Waals surface area contributed by atoms with Crippen molar-refractivity contribution in [3.05, 3.63) is 23.9 Å². The zero-order chi connectivity index (χ0) is 14.0. The van der Waals surface area contributed by atoms with Gasteiger partial charge in [0.15, 0.2) is 0 Å². The normalized spacial score (nSPS) is 19.5. The summed E-state index contributed by atoms with van der Waals surface area (Å²) in [5.41, 5.74) is 6.13. The van der Waals surface area contributed by atoms with Crippen LogP contribution in [0, 0.1) is 0 Å². The van der Waals surface area contributed by atoms with E-state index < -0.39 is 5.60 Å². The van der Waals surface area contributed by atoms with Crippen LogP contribution in [-0.4, -0.2) is 28.1 Å². The molecule has 19 heavy (non-hydrogen) atoms. The SMILES string of the molecule is CC(C)(C)OC(=O)N1CCC[C@@H]1c1ccc(N)nc1. The lowest BCUT2D eigenvalue weighted by Gasteiger charge is -2.28. The van der Waals surface area contributed by atoms with Gasteiger partial charge >= 0.3 is 6.09 Å². The van der Waals surface area contributed by atoms with Gasteiger partial charge in [0.2, 0.25) is 0 Å². The molecular formula is C14H21N3O2. The fourth-order valence-electron chi connectivity index (χ4n) is 2.27. The second kappa shape index (κ2) is 5.07. The second-order valence-electron chi connectivity index (χ2n) is 5.85. The molecule has 1 amide bonds. The average Bonchev–Trinajstić information content (AvgIpc) is 2.76. The number of carbonyl (C=O) groups excluding carboxylic acids is 1. The predicted molar refractivity (Wildman–Crippen MR) is 73.6 cm³/mol. The smallest absolute Gasteiger partial charge is 0.410 e. The molecule has 2 rings (SSSR count). The van der Waals surface area contributed by atoms with Crippen LogP contribution in [0.1, 0.15) is 45.2 Å². The Morgan fingerprint density at radius 3 is 2.79 bits per heavy atom. The van der Waals surface area contributed by atoms with Crippen LogP contribution in [0.15, 0.2) is 18.3 Å². The van der Waals surface area contributed by atoms with Gasteiger partial charge in [0, 0.05) is 12.7 Å². The van der Waals surface area contributed by atoms with E-state index in [9.17, 15) is 4.79 Å². The summed E-state index contributed by atoms with van der Waals surface area (Å²) < 4.78 is 5.44. The van der Waals surface area contributed by atoms with Gasteiger partial charge in [-0.25, -0.2) is 9.78 Å². The largest absolute Gasteiger partial charge is 0.444 e. The van der Waals surface area contributed by atoms with Crippen LogP contribution in [0.4, 0.5) is 10.6 Å². The molecule has 2 heterocycles. The summed E-state index contributed by atoms with van der Waals surface area (Å²) in [4.78, 5) is 18.0. The molecule has 5 nitrogen and oxygen atoms in total. The van der Waals surface area contributed by atoms with E-state index in [2.05, 4.69) is 4.98 Å². The standard InChI is InChI=1S/C14H21N3O2/c1-14(2,3)19-13(18)17-8-4-5-11(17)10-6-7-12(15)16-9-10/h6-7,9,11H,4-5,8H2,1-3H3,(H2,15,16)/t11-/m1/s1. The lowest BCUT2D eigenvalue weighted by atomic mass is 10.1. The molecule has 1 saturated heterocycles. The van der Waals surface area contributed by atoms with Crippen molar-refractivity contribution in [2.24, 2.45) is 0 Å². The Bertz CT molecular complexity index is 451. The Labute approximate surface area is 113 Å². The van der Waals surface area contributed by atoms with Gasteiger partial charge < -0.3 is 15.4 Å². The highest BCUT2D eigenvalue weighted by atomic mass is 16.6. The van der Waals surface area contributed by atoms with Crippen LogP contribution in [0.5, 0.6) is 0 Å². The quantitative estimate of drug-likeness (QED) is 0.845. The Morgan fingerprint density at radius 1 is 1.47 bits per heavy atom. The van der Waals surface area contributed by atoms with Crippen LogP contribution in [0.25, 0.3) is 0 Å². The van der Waals surface area contributed by atoms with Crippen LogP contribution < -0.4 is 5.73 Å². The van der Waals surface area contributed by atoms with Crippen molar-refractivity contribution in [1.82, 2.24) is 9.88 Å². The minimum absolute atomic E-state index is 0.0444. The molecule has 1 aromatic heterocycles. The van der Waals surface area contributed by atoms with Gasteiger partial charge in [-0.05, 0) is 45.2 Å². The molecule has 5 heteroatoms. The molecule has 2 N–H and O–H groups in total. The minimum atomic E-state index is -0.469. The number of hydrogen-bond acceptors (Lipinski definition) is 4. The molecule has 1 atom stereocenters. The summed E-state index contributed by atoms with van der Waals surface area (Å²) in [5.74, 6) is 0.491. The van der Waals surface area contributed by atoms with Crippen molar-refractivity contribution in [3.8, 4) is 0 Å². The number of carbonyl (C=O) groups is 1. The fraction of sp³-hybridized carbons (Fsp3) is 0.571. The molecular weight excluding hydrogens is 242 g/mol. The number of nitrogens with two attached hydrogens (primary N) is 1. The first kappa shape index (κ1) is 13.6. The number of likely N-dealkylation sites (tertiary alicyclic amines) is 1. The molecule has 0 saturated carbocycles. The number of pyridine rings is 1. The van der Waals surface area contributed by atoms with Crippen LogP contribution >= 0.6 is 0 Å². The van der Waals surface area contributed by atoms with Crippen molar-refractivity contribution in [2.45, 2.75) is 45.3 Å². The van der Waals surface area contributed by atoms with Gasteiger partial charge in [0.25, 0.3) is 0 Å². The van der Waals surface area contributed by atoms with Crippen molar-refractivity contribution in [3.63, 3.8) is 0 Å². The number of aromatic nitrogens is 1. The molecule has 0 aliphatic carbocycles. The first-order valence-corrected chi connectivity index (χ1v) is 6.58. The Hall–Kier alpha value is -1.78. The molecule has 104 valence electrons. The zero-order valence-corrected chi connectivity index (χ0v) is 11.7. The van der Waals surface area contributed by atoms with Crippen molar-refractivity contribution < 1.29 is 9.53 Å². The first-order valence-electron chi connectivity index (χ1n) is 6.58. The fourth-order valence-corrected chi connectivity index (χ4v) is 2.27. The van der Waals surface area contributed by atoms with E-state index in [1.165, 1.54) is 0 Å². The molecule has 1 aliphatic rings. The third-order valence-electron chi connectivity index (χ3n) is 3.07. The minimum Gasteiger partial charge on any atom is -0.444 e. The number of nitrogens with zero attached hydrogens (tertiary/aromatic N) is 2. The van der Waals surface area contributed by atoms with Crippen LogP contribution in [0.3, 0.4) is 0 Å². The van der Waals surface area contributed by atoms with Crippen molar-refractivity contribution in [2.75, 3.05) is 12.3 Å². The molecule has 0 spiro atoms. The molecule has 1 aliphatic heterocycles. The highest BCUT2D eigenvalue weighted by Gasteiger charge is 2.33. The topological polar surface area (TPSA) is 68.5 Å². The van der Waals surface area contributed by atoms with Gasteiger partial charge in [-0.3, -0.25) is 0 Å². The molecule has 1 fully saturated rings. The van der Waals surface area contributed by atoms with Gasteiger partial charge in [0.1, 0.15) is 11.4 Å². The van der Waals surface area contributed by atoms with Crippen molar-refractivity contribution >= 4 is 11.9 Å². The maximum Gasteiger partial charge on any atom is 0.410 e. The van der Waals surface area contributed by atoms with E-state index in [4.69, 9.17) is 10.5 Å². The number of amides is 1. The number of hydrogen-bond donors (Lipinski definition) is 1. The van der Waals surface area contributed by atoms with Crippen LogP contribution in [-0.2, 0) is 4.74 Å². The summed E-state index contributed by atoms with van der Waals surface area (Å²) >= 11 is 0. The highest BCUT2D eigenvalue weighted by Crippen LogP contribution is 2.32. The summed E-state index contributed by atoms with van der Waals surface area (Å²) in [5, 5.41) is 0. The zero-order valence-electron chi connectivity index (χ0n) is 11.7. The molecule has 0 bridgehead atoms. The van der Waals surface area contributed by atoms with E-state index in [-0.39, 0.29) is 12.1 Å². The first-order chi connectivity index (χ1) is 8.87. The van der Waals surface area contributed by atoms with Crippen molar-refractivity contribution in [1.29, 1.82) is 0 Å². The second-order valence-corrected chi connectivity index (χ2v) is 5.85. The number of nitrogen functional groups attached to an aromatic ring is 1. The van der Waals surface area contributed by atoms with E-state index in [0.717, 1.165) is 24.9 Å². The van der Waals surface area contributed by atoms with Gasteiger partial charge in [0.05, 0.1) is 6.04 Å². The van der Waals surface area contributed by atoms with Gasteiger partial charge in [-0.1, -0.05) is 6.07 Å². The number of ether oxygens (including phenoxy) is 1. The van der Waals surface area contributed by atoms with E-state index in [1.807, 2.05) is 26.8 Å². The maximum absolute atomic E-state index is 12.2. The molecule has 1 aromatic rings. The molecule has 0 unspecified atom stereocenters. The third-order valence-corrected chi connectivity index (χ3v) is 3.07. The molecule has 0 aromatic carbocycles. The Kier molecular flexibility index (Phi) is 3.64. The summed E-state index contributed by atoms with van der Waals surface area (Å²) in [7, 11) is 0. The highest BCUT2D eigenvalue weighted by molar-refractivity contribution is 5.69. The van der Waals surface area contributed by atoms with Gasteiger partial charge in [-0.2, -0.15) is 0 Å². The van der Waals surface area contributed by atoms with Gasteiger partial charge in [-0.15, -0.1) is 0 Å². The number of anilines is 1. The summed E-state index contributed by atoms with van der Waals surface area (Å²) in [6, 6.07) is 3.74. The van der Waals surface area contributed by atoms with E-state index in [0.29, 0.717) is 5.82 Å².